The number of nitrogens with two attached hydrogens (primary N) is 1. The lowest BCUT2D eigenvalue weighted by Crippen LogP contribution is -2.50. The average molecular weight is 1260 g/mol. The summed E-state index contributed by atoms with van der Waals surface area (Å²) in [5.41, 5.74) is 5.67. The summed E-state index contributed by atoms with van der Waals surface area (Å²) in [6.07, 6.45) is -21.4. The predicted molar refractivity (Wildman–Crippen MR) is 299 cm³/mol. The van der Waals surface area contributed by atoms with Crippen LogP contribution in [-0.2, 0) is 49.7 Å². The molecule has 0 aliphatic heterocycles. The molecule has 0 fully saturated rings. The number of aliphatic carboxylic acids is 3. The lowest BCUT2D eigenvalue weighted by atomic mass is 9.90. The van der Waals surface area contributed by atoms with Crippen LogP contribution in [0.4, 0.5) is 11.6 Å². The molecule has 3 aromatic rings. The number of H-pyrrole nitrogens is 1. The Morgan fingerprint density at radius 3 is 1.59 bits per heavy atom. The summed E-state index contributed by atoms with van der Waals surface area (Å²) >= 11 is 3.90. The molecule has 5 amide bonds. The first-order chi connectivity index (χ1) is 41.0. The Balaban J connectivity index is 1.83. The van der Waals surface area contributed by atoms with Gasteiger partial charge in [0.25, 0.3) is 11.5 Å². The van der Waals surface area contributed by atoms with Gasteiger partial charge in [-0.05, 0) is 49.9 Å². The predicted octanol–water partition coefficient (Wildman–Crippen LogP) is -7.47. The summed E-state index contributed by atoms with van der Waals surface area (Å²) in [7, 11) is 0. The number of thiol groups is 1. The second kappa shape index (κ2) is 36.3. The summed E-state index contributed by atoms with van der Waals surface area (Å²) in [4.78, 5) is 157. The van der Waals surface area contributed by atoms with E-state index in [2.05, 4.69) is 64.5 Å². The summed E-state index contributed by atoms with van der Waals surface area (Å²) in [6.45, 7) is -3.48. The number of carboxylic acids is 3. The largest absolute Gasteiger partial charge is 0.481 e. The van der Waals surface area contributed by atoms with Gasteiger partial charge in [0, 0.05) is 80.5 Å². The highest BCUT2D eigenvalue weighted by molar-refractivity contribution is 7.80. The van der Waals surface area contributed by atoms with Gasteiger partial charge in [-0.1, -0.05) is 0 Å². The number of amides is 5. The van der Waals surface area contributed by atoms with Crippen LogP contribution < -0.4 is 43.2 Å². The van der Waals surface area contributed by atoms with E-state index in [4.69, 9.17) is 15.9 Å². The molecule has 3 rings (SSSR count). The molecular formula is C51H73N11O24S. The maximum atomic E-state index is 14.2. The molecule has 0 saturated heterocycles. The summed E-state index contributed by atoms with van der Waals surface area (Å²) in [5, 5.41) is 141. The number of nitrogen functional groups attached to an aromatic ring is 1. The molecule has 87 heavy (non-hydrogen) atoms. The normalized spacial score (nSPS) is 15.9. The highest BCUT2D eigenvalue weighted by atomic mass is 32.1. The Morgan fingerprint density at radius 2 is 1.09 bits per heavy atom. The van der Waals surface area contributed by atoms with Gasteiger partial charge in [-0.2, -0.15) is 17.6 Å². The summed E-state index contributed by atoms with van der Waals surface area (Å²) in [5.74, 6) is -15.5. The lowest BCUT2D eigenvalue weighted by molar-refractivity contribution is -0.142. The second-order valence-corrected chi connectivity index (χ2v) is 20.3. The van der Waals surface area contributed by atoms with Gasteiger partial charge >= 0.3 is 17.9 Å². The highest BCUT2D eigenvalue weighted by Gasteiger charge is 2.35. The minimum absolute atomic E-state index is 0.0224. The fourth-order valence-corrected chi connectivity index (χ4v) is 8.39. The average Bonchev–Trinajstić information content (AvgIpc) is 2.28. The molecule has 0 aliphatic carbocycles. The topological polar surface area (TPSA) is 603 Å². The van der Waals surface area contributed by atoms with Crippen LogP contribution >= 0.6 is 12.6 Å². The van der Waals surface area contributed by atoms with E-state index in [1.165, 1.54) is 30.5 Å². The van der Waals surface area contributed by atoms with E-state index in [1.807, 2.05) is 0 Å². The van der Waals surface area contributed by atoms with Crippen molar-refractivity contribution >= 4 is 94.4 Å². The first kappa shape index (κ1) is 73.3. The van der Waals surface area contributed by atoms with Gasteiger partial charge in [0.1, 0.15) is 54.5 Å². The molecule has 0 aliphatic rings. The van der Waals surface area contributed by atoms with Crippen molar-refractivity contribution in [2.75, 3.05) is 43.1 Å². The van der Waals surface area contributed by atoms with Crippen molar-refractivity contribution in [2.24, 2.45) is 11.8 Å². The third-order valence-corrected chi connectivity index (χ3v) is 13.7. The number of aliphatic hydroxyl groups is 10. The third-order valence-electron chi connectivity index (χ3n) is 13.3. The van der Waals surface area contributed by atoms with E-state index in [1.54, 1.807) is 0 Å². The number of anilines is 2. The van der Waals surface area contributed by atoms with Crippen molar-refractivity contribution in [2.45, 2.75) is 138 Å². The molecule has 2 aromatic heterocycles. The first-order valence-electron chi connectivity index (χ1n) is 26.8. The fraction of sp³-hybridized carbons (Fsp3) is 0.569. The molecule has 35 nitrogen and oxygen atoms in total. The molecule has 13 atom stereocenters. The van der Waals surface area contributed by atoms with Gasteiger partial charge in [0.15, 0.2) is 16.9 Å². The SMILES string of the molecule is Nc1nc2ncc(CNc3ccc(C(=O)N[C@@H](CCC(=O)C[C@@H](CCC(=O)NC[C@H](O)[C@@H](O)[C@H](O)[C@H](O)CO)C(=O)N[C@@H](CCC(=O)O)C(=O)C[C@@H](CCC(=O)NC[C@H](O)[C@@H](O)[C@H](O)[C@H](O)CO)C(=O)NC(CS)C(=O)O)C(=O)O)cc3)nc2c(=O)[nH]1. The van der Waals surface area contributed by atoms with Gasteiger partial charge in [-0.25, -0.2) is 19.6 Å². The number of hydrogen-bond donors (Lipinski definition) is 22. The molecule has 1 unspecified atom stereocenters. The van der Waals surface area contributed by atoms with E-state index < -0.39 is 240 Å². The minimum Gasteiger partial charge on any atom is -0.481 e. The Hall–Kier alpha value is -7.91. The Morgan fingerprint density at radius 1 is 0.598 bits per heavy atom. The minimum atomic E-state index is -2.09. The number of carbonyl (C=O) groups is 10. The van der Waals surface area contributed by atoms with Gasteiger partial charge < -0.3 is 104 Å². The number of aromatic amines is 1. The van der Waals surface area contributed by atoms with Gasteiger partial charge in [0.05, 0.1) is 49.9 Å². The Labute approximate surface area is 498 Å². The molecule has 2 heterocycles. The number of ketones is 2. The molecule has 0 radical (unpaired) electrons. The van der Waals surface area contributed by atoms with Gasteiger partial charge in [-0.3, -0.25) is 48.1 Å². The van der Waals surface area contributed by atoms with Gasteiger partial charge in [0.2, 0.25) is 29.6 Å². The smallest absolute Gasteiger partial charge is 0.327 e. The molecule has 0 saturated carbocycles. The fourth-order valence-electron chi connectivity index (χ4n) is 8.14. The van der Waals surface area contributed by atoms with Crippen molar-refractivity contribution in [3.8, 4) is 0 Å². The van der Waals surface area contributed by atoms with Crippen molar-refractivity contribution in [1.82, 2.24) is 46.5 Å². The Bertz CT molecular complexity index is 2910. The number of fused-ring (bicyclic) bond motifs is 1. The molecular weight excluding hydrogens is 1180 g/mol. The number of carboxylic acid groups (broad SMARTS) is 3. The van der Waals surface area contributed by atoms with Crippen LogP contribution in [0.1, 0.15) is 80.3 Å². The van der Waals surface area contributed by atoms with Crippen LogP contribution in [0.25, 0.3) is 11.2 Å². The van der Waals surface area contributed by atoms with E-state index in [0.717, 1.165) is 0 Å². The highest BCUT2D eigenvalue weighted by Crippen LogP contribution is 2.21. The zero-order chi connectivity index (χ0) is 65.2. The standard InChI is InChI=1S/C51H73N11O24S/c52-51-61-44-39(48(82)62-51)57-26(16-56-44)15-53-25-5-1-22(2-6-25)45(79)59-29(49(83)84)8-7-27(65)13-23(3-10-36(71)54-17-32(67)40(75)42(77)34(69)19-63)46(80)58-28(9-12-38(73)74)31(66)14-24(47(81)60-30(21-87)50(85)86)4-11-37(72)55-18-33(68)41(76)43(78)35(70)20-64/h1-2,5-6,16,23-24,28-30,32-35,40-43,53,63-64,67-70,75-78,87H,3-4,7-15,17-21H2,(H,54,71)(H,55,72)(H,58,80)(H,59,79)(H,60,81)(H,73,74)(H,83,84)(H,85,86)(H3,52,56,61,62,82)/t23-,24-,28+,29+,30?,32+,33+,34-,35-,40-,41-,42-,43-/m1/s1. The van der Waals surface area contributed by atoms with Crippen molar-refractivity contribution < 1.29 is 114 Å². The number of nitrogens with one attached hydrogen (secondary N) is 7. The number of carbonyl (C=O) groups excluding carboxylic acids is 7. The van der Waals surface area contributed by atoms with Crippen molar-refractivity contribution in [3.63, 3.8) is 0 Å². The molecule has 22 N–H and O–H groups in total. The number of aliphatic hydroxyl groups excluding tert-OH is 10. The number of nitrogens with zero attached hydrogens (tertiary/aromatic N) is 3. The van der Waals surface area contributed by atoms with E-state index in [0.29, 0.717) is 11.4 Å². The number of Topliss-reactive ketones (excluding diaryl/α,β-unsaturated/α-hetero) is 2. The summed E-state index contributed by atoms with van der Waals surface area (Å²) < 4.78 is 0. The van der Waals surface area contributed by atoms with Crippen LogP contribution in [0.5, 0.6) is 0 Å². The zero-order valence-corrected chi connectivity index (χ0v) is 47.3. The first-order valence-corrected chi connectivity index (χ1v) is 27.4. The molecule has 36 heteroatoms. The van der Waals surface area contributed by atoms with Crippen LogP contribution in [-0.4, -0.2) is 244 Å². The number of rotatable bonds is 41. The van der Waals surface area contributed by atoms with E-state index in [9.17, 15) is 109 Å². The van der Waals surface area contributed by atoms with Crippen LogP contribution in [0.2, 0.25) is 0 Å². The van der Waals surface area contributed by atoms with Crippen LogP contribution in [0.3, 0.4) is 0 Å². The molecule has 1 aromatic carbocycles. The van der Waals surface area contributed by atoms with Crippen LogP contribution in [0, 0.1) is 11.8 Å². The van der Waals surface area contributed by atoms with Crippen molar-refractivity contribution in [3.05, 3.63) is 52.1 Å². The maximum Gasteiger partial charge on any atom is 0.327 e. The molecule has 0 bridgehead atoms. The maximum absolute atomic E-state index is 14.2. The van der Waals surface area contributed by atoms with Crippen LogP contribution in [0.15, 0.2) is 35.3 Å². The monoisotopic (exact) mass is 1260 g/mol. The quantitative estimate of drug-likeness (QED) is 0.0235. The van der Waals surface area contributed by atoms with Crippen molar-refractivity contribution in [1.29, 1.82) is 0 Å². The molecule has 0 spiro atoms. The second-order valence-electron chi connectivity index (χ2n) is 20.0. The number of hydrogen-bond acceptors (Lipinski definition) is 27. The lowest BCUT2D eigenvalue weighted by Gasteiger charge is -2.26. The van der Waals surface area contributed by atoms with E-state index in [-0.39, 0.29) is 29.2 Å². The van der Waals surface area contributed by atoms with E-state index >= 15 is 0 Å². The Kier molecular flexibility index (Phi) is 30.6. The van der Waals surface area contributed by atoms with Gasteiger partial charge in [-0.15, -0.1) is 0 Å². The third kappa shape index (κ3) is 24.4. The zero-order valence-electron chi connectivity index (χ0n) is 46.4. The summed E-state index contributed by atoms with van der Waals surface area (Å²) in [6, 6.07) is 0.441. The number of benzene rings is 1. The molecule has 482 valence electrons. The number of aromatic nitrogens is 4.